The summed E-state index contributed by atoms with van der Waals surface area (Å²) < 4.78 is 13.9. The van der Waals surface area contributed by atoms with Gasteiger partial charge in [0.05, 0.1) is 13.2 Å². The van der Waals surface area contributed by atoms with Gasteiger partial charge in [0.2, 0.25) is 0 Å². The van der Waals surface area contributed by atoms with Crippen molar-refractivity contribution in [3.8, 4) is 0 Å². The van der Waals surface area contributed by atoms with E-state index in [1.54, 1.807) is 0 Å². The number of unbranched alkanes of at least 4 members (excludes halogenated alkanes) is 24. The summed E-state index contributed by atoms with van der Waals surface area (Å²) >= 11 is 0. The molecule has 0 bridgehead atoms. The Morgan fingerprint density at radius 2 is 0.833 bits per heavy atom. The molecule has 0 aromatic carbocycles. The molecule has 66 heavy (non-hydrogen) atoms. The average Bonchev–Trinajstić information content (AvgIpc) is 3.74. The van der Waals surface area contributed by atoms with Crippen molar-refractivity contribution < 1.29 is 19.1 Å². The smallest absolute Gasteiger partial charge is 0.305 e. The van der Waals surface area contributed by atoms with Crippen molar-refractivity contribution in [3.05, 3.63) is 18.2 Å². The highest BCUT2D eigenvalue weighted by Gasteiger charge is 2.19. The molecule has 7 nitrogen and oxygen atoms in total. The van der Waals surface area contributed by atoms with Crippen molar-refractivity contribution in [3.63, 3.8) is 0 Å². The topological polar surface area (TPSA) is 73.7 Å². The average molecular weight is 929 g/mol. The van der Waals surface area contributed by atoms with Crippen LogP contribution in [0.2, 0.25) is 0 Å². The van der Waals surface area contributed by atoms with Gasteiger partial charge in [0.1, 0.15) is 5.82 Å². The van der Waals surface area contributed by atoms with Gasteiger partial charge in [-0.2, -0.15) is 0 Å². The first-order valence-electron chi connectivity index (χ1n) is 29.4. The lowest BCUT2D eigenvalue weighted by atomic mass is 9.96. The van der Waals surface area contributed by atoms with Gasteiger partial charge in [-0.3, -0.25) is 9.59 Å². The zero-order chi connectivity index (χ0) is 48.0. The Labute approximate surface area is 411 Å². The van der Waals surface area contributed by atoms with Crippen molar-refractivity contribution in [1.82, 2.24) is 14.5 Å². The molecule has 2 unspecified atom stereocenters. The molecule has 0 saturated heterocycles. The van der Waals surface area contributed by atoms with E-state index in [4.69, 9.17) is 9.47 Å². The largest absolute Gasteiger partial charge is 0.465 e. The highest BCUT2D eigenvalue weighted by Crippen LogP contribution is 2.23. The zero-order valence-electron chi connectivity index (χ0n) is 45.2. The first-order chi connectivity index (χ1) is 32.4. The summed E-state index contributed by atoms with van der Waals surface area (Å²) in [6, 6.07) is 0.652. The number of aryl methyl sites for hydroxylation is 2. The molecule has 0 radical (unpaired) electrons. The molecule has 1 heterocycles. The molecule has 388 valence electrons. The Kier molecular flexibility index (Phi) is 44.1. The summed E-state index contributed by atoms with van der Waals surface area (Å²) in [6.07, 6.45) is 52.8. The second-order valence-corrected chi connectivity index (χ2v) is 20.7. The molecular formula is C59H113N3O4. The van der Waals surface area contributed by atoms with Crippen LogP contribution in [0.1, 0.15) is 297 Å². The first kappa shape index (κ1) is 62.1. The Bertz CT molecular complexity index is 1130. The van der Waals surface area contributed by atoms with Crippen molar-refractivity contribution in [1.29, 1.82) is 0 Å². The van der Waals surface area contributed by atoms with Crippen molar-refractivity contribution >= 4 is 11.9 Å². The minimum atomic E-state index is 0.0201. The fourth-order valence-corrected chi connectivity index (χ4v) is 9.95. The van der Waals surface area contributed by atoms with Gasteiger partial charge in [0.15, 0.2) is 0 Å². The second-order valence-electron chi connectivity index (χ2n) is 20.7. The van der Waals surface area contributed by atoms with Crippen LogP contribution in [0.3, 0.4) is 0 Å². The van der Waals surface area contributed by atoms with Crippen LogP contribution in [0.25, 0.3) is 0 Å². The molecule has 0 amide bonds. The number of nitrogens with zero attached hydrogens (tertiary/aromatic N) is 3. The van der Waals surface area contributed by atoms with Crippen LogP contribution in [0, 0.1) is 18.8 Å². The van der Waals surface area contributed by atoms with Crippen LogP contribution in [0.15, 0.2) is 12.4 Å². The van der Waals surface area contributed by atoms with E-state index in [2.05, 4.69) is 62.2 Å². The maximum Gasteiger partial charge on any atom is 0.305 e. The van der Waals surface area contributed by atoms with Gasteiger partial charge >= 0.3 is 11.9 Å². The predicted octanol–water partition coefficient (Wildman–Crippen LogP) is 17.9. The molecule has 0 spiro atoms. The lowest BCUT2D eigenvalue weighted by molar-refractivity contribution is -0.146. The number of rotatable bonds is 51. The van der Waals surface area contributed by atoms with E-state index in [9.17, 15) is 9.59 Å². The third kappa shape index (κ3) is 37.1. The number of carbonyl (C=O) groups excluding carboxylic acids is 2. The maximum atomic E-state index is 12.6. The van der Waals surface area contributed by atoms with E-state index in [0.29, 0.717) is 43.9 Å². The highest BCUT2D eigenvalue weighted by atomic mass is 16.5. The molecule has 1 aromatic heterocycles. The molecule has 7 heteroatoms. The first-order valence-corrected chi connectivity index (χ1v) is 29.4. The molecule has 1 rings (SSSR count). The molecule has 0 saturated carbocycles. The number of ether oxygens (including phenoxy) is 2. The SMILES string of the molecule is CCCCCCCCCN(CCCn1ccnc1C)C(CCCCCCCCC(=O)OCC(CCCC)CCCCCC)CCCCCCCCC(=O)OCC(CCCC)CCCCCC. The van der Waals surface area contributed by atoms with Crippen LogP contribution in [-0.2, 0) is 25.6 Å². The van der Waals surface area contributed by atoms with Crippen molar-refractivity contribution in [2.45, 2.75) is 311 Å². The van der Waals surface area contributed by atoms with E-state index in [0.717, 1.165) is 38.1 Å². The Morgan fingerprint density at radius 1 is 0.470 bits per heavy atom. The van der Waals surface area contributed by atoms with E-state index in [1.165, 1.54) is 231 Å². The van der Waals surface area contributed by atoms with Gasteiger partial charge in [-0.1, -0.05) is 214 Å². The molecular weight excluding hydrogens is 815 g/mol. The number of aromatic nitrogens is 2. The fraction of sp³-hybridized carbons (Fsp3) is 0.915. The summed E-state index contributed by atoms with van der Waals surface area (Å²) in [5, 5.41) is 0. The van der Waals surface area contributed by atoms with Crippen LogP contribution in [0.5, 0.6) is 0 Å². The van der Waals surface area contributed by atoms with E-state index in [-0.39, 0.29) is 11.9 Å². The van der Waals surface area contributed by atoms with Gasteiger partial charge < -0.3 is 18.9 Å². The summed E-state index contributed by atoms with van der Waals surface area (Å²) in [4.78, 5) is 32.7. The Balaban J connectivity index is 2.61. The lowest BCUT2D eigenvalue weighted by Gasteiger charge is -2.32. The van der Waals surface area contributed by atoms with Crippen LogP contribution >= 0.6 is 0 Å². The third-order valence-electron chi connectivity index (χ3n) is 14.5. The molecule has 0 aliphatic heterocycles. The van der Waals surface area contributed by atoms with E-state index < -0.39 is 0 Å². The Morgan fingerprint density at radius 3 is 1.27 bits per heavy atom. The normalized spacial score (nSPS) is 13.1. The van der Waals surface area contributed by atoms with E-state index >= 15 is 0 Å². The number of esters is 2. The van der Waals surface area contributed by atoms with Crippen molar-refractivity contribution in [2.75, 3.05) is 26.3 Å². The summed E-state index contributed by atoms with van der Waals surface area (Å²) in [7, 11) is 0. The number of imidazole rings is 1. The molecule has 0 N–H and O–H groups in total. The van der Waals surface area contributed by atoms with Gasteiger partial charge in [0, 0.05) is 44.4 Å². The minimum absolute atomic E-state index is 0.0201. The molecule has 0 aliphatic carbocycles. The number of hydrogen-bond donors (Lipinski definition) is 0. The zero-order valence-corrected chi connectivity index (χ0v) is 45.2. The Hall–Kier alpha value is -1.89. The summed E-state index contributed by atoms with van der Waals surface area (Å²) in [6.45, 7) is 18.2. The monoisotopic (exact) mass is 928 g/mol. The standard InChI is InChI=1S/C59H113N3O4/c1-7-12-17-20-25-30-37-48-62(50-38-49-61-51-47-60-54(61)6)57(43-33-26-21-23-28-35-45-58(63)65-52-55(39-15-10-4)41-31-18-13-8-2)44-34-27-22-24-29-36-46-59(64)66-53-56(40-16-11-5)42-32-19-14-9-3/h47,51,55-57H,7-46,48-50,52-53H2,1-6H3. The van der Waals surface area contributed by atoms with Crippen LogP contribution in [0.4, 0.5) is 0 Å². The van der Waals surface area contributed by atoms with E-state index in [1.807, 2.05) is 6.20 Å². The molecule has 2 atom stereocenters. The fourth-order valence-electron chi connectivity index (χ4n) is 9.95. The van der Waals surface area contributed by atoms with Crippen molar-refractivity contribution in [2.24, 2.45) is 11.8 Å². The van der Waals surface area contributed by atoms with Gasteiger partial charge in [0.25, 0.3) is 0 Å². The number of carbonyl (C=O) groups is 2. The van der Waals surface area contributed by atoms with Gasteiger partial charge in [-0.05, 0) is 89.5 Å². The minimum Gasteiger partial charge on any atom is -0.465 e. The molecule has 0 aliphatic rings. The lowest BCUT2D eigenvalue weighted by Crippen LogP contribution is -2.37. The third-order valence-corrected chi connectivity index (χ3v) is 14.5. The molecule has 0 fully saturated rings. The van der Waals surface area contributed by atoms with Crippen LogP contribution < -0.4 is 0 Å². The van der Waals surface area contributed by atoms with Crippen LogP contribution in [-0.4, -0.2) is 58.7 Å². The van der Waals surface area contributed by atoms with Gasteiger partial charge in [-0.15, -0.1) is 0 Å². The highest BCUT2D eigenvalue weighted by molar-refractivity contribution is 5.69. The van der Waals surface area contributed by atoms with Gasteiger partial charge in [-0.25, -0.2) is 4.98 Å². The summed E-state index contributed by atoms with van der Waals surface area (Å²) in [5.41, 5.74) is 0. The maximum absolute atomic E-state index is 12.6. The molecule has 1 aromatic rings. The second kappa shape index (κ2) is 46.8. The quantitative estimate of drug-likeness (QED) is 0.0479. The predicted molar refractivity (Wildman–Crippen MR) is 284 cm³/mol. The summed E-state index contributed by atoms with van der Waals surface area (Å²) in [5.74, 6) is 2.24. The number of hydrogen-bond acceptors (Lipinski definition) is 6.